The largest absolute Gasteiger partial charge is 0.483 e. The molecule has 5 rings (SSSR count). The summed E-state index contributed by atoms with van der Waals surface area (Å²) >= 11 is 0. The van der Waals surface area contributed by atoms with Gasteiger partial charge in [-0.1, -0.05) is 36.8 Å². The summed E-state index contributed by atoms with van der Waals surface area (Å²) in [6, 6.07) is 7.85. The summed E-state index contributed by atoms with van der Waals surface area (Å²) in [6.45, 7) is 8.82. The molecule has 3 aliphatic heterocycles. The van der Waals surface area contributed by atoms with Crippen LogP contribution in [0, 0.1) is 18.8 Å². The molecule has 2 fully saturated rings. The van der Waals surface area contributed by atoms with Crippen molar-refractivity contribution in [1.29, 1.82) is 0 Å². The lowest BCUT2D eigenvalue weighted by atomic mass is 9.74. The molecule has 1 amide bonds. The smallest absolute Gasteiger partial charge is 0.290 e. The molecule has 0 N–H and O–H groups in total. The molecule has 1 aliphatic carbocycles. The highest BCUT2D eigenvalue weighted by Gasteiger charge is 2.52. The molecule has 31 heavy (non-hydrogen) atoms. The standard InChI is InChI=1S/C25H32N2O4/c1-16-3-6-18(7-4-16)22-21-23(28)19-15-17(2)5-8-20(19)31-24(21)25(29)27(22)10-9-26-11-13-30-14-12-26/h3-4,6-7,17,19-20,22H,5,8-15H2,1-2H3. The zero-order valence-electron chi connectivity index (χ0n) is 18.5. The SMILES string of the molecule is Cc1ccc(C2C3=C(OC4CCC(C)CC4C3=O)C(=O)N2CCN2CCOCC2)cc1. The van der Waals surface area contributed by atoms with Gasteiger partial charge in [0.25, 0.3) is 5.91 Å². The average Bonchev–Trinajstić information content (AvgIpc) is 3.06. The third-order valence-corrected chi connectivity index (χ3v) is 7.36. The van der Waals surface area contributed by atoms with Crippen molar-refractivity contribution >= 4 is 11.7 Å². The summed E-state index contributed by atoms with van der Waals surface area (Å²) in [5.41, 5.74) is 2.74. The van der Waals surface area contributed by atoms with Crippen molar-refractivity contribution < 1.29 is 19.1 Å². The van der Waals surface area contributed by atoms with Gasteiger partial charge in [0.05, 0.1) is 30.7 Å². The van der Waals surface area contributed by atoms with Crippen molar-refractivity contribution in [2.24, 2.45) is 11.8 Å². The molecule has 3 heterocycles. The molecule has 6 nitrogen and oxygen atoms in total. The van der Waals surface area contributed by atoms with Gasteiger partial charge < -0.3 is 14.4 Å². The third-order valence-electron chi connectivity index (χ3n) is 7.36. The molecular formula is C25H32N2O4. The number of amides is 1. The van der Waals surface area contributed by atoms with Gasteiger partial charge in [-0.05, 0) is 37.7 Å². The van der Waals surface area contributed by atoms with Crippen molar-refractivity contribution in [3.63, 3.8) is 0 Å². The van der Waals surface area contributed by atoms with Crippen molar-refractivity contribution in [2.45, 2.75) is 45.3 Å². The molecule has 0 aromatic heterocycles. The lowest BCUT2D eigenvalue weighted by Gasteiger charge is -2.37. The number of benzene rings is 1. The lowest BCUT2D eigenvalue weighted by Crippen LogP contribution is -2.43. The summed E-state index contributed by atoms with van der Waals surface area (Å²) in [5.74, 6) is 0.712. The first kappa shape index (κ1) is 20.7. The second-order valence-electron chi connectivity index (χ2n) is 9.55. The monoisotopic (exact) mass is 424 g/mol. The highest BCUT2D eigenvalue weighted by molar-refractivity contribution is 6.11. The Balaban J connectivity index is 1.47. The van der Waals surface area contributed by atoms with Crippen LogP contribution in [0.3, 0.4) is 0 Å². The van der Waals surface area contributed by atoms with E-state index in [2.05, 4.69) is 24.0 Å². The maximum absolute atomic E-state index is 13.7. The van der Waals surface area contributed by atoms with Gasteiger partial charge in [0, 0.05) is 26.2 Å². The number of ether oxygens (including phenoxy) is 2. The quantitative estimate of drug-likeness (QED) is 0.744. The Morgan fingerprint density at radius 2 is 1.77 bits per heavy atom. The van der Waals surface area contributed by atoms with E-state index in [1.54, 1.807) is 0 Å². The molecule has 1 aromatic rings. The average molecular weight is 425 g/mol. The fourth-order valence-corrected chi connectivity index (χ4v) is 5.52. The normalized spacial score (nSPS) is 31.5. The molecular weight excluding hydrogens is 392 g/mol. The van der Waals surface area contributed by atoms with E-state index in [0.29, 0.717) is 23.8 Å². The summed E-state index contributed by atoms with van der Waals surface area (Å²) in [5, 5.41) is 0. The van der Waals surface area contributed by atoms with Gasteiger partial charge >= 0.3 is 0 Å². The summed E-state index contributed by atoms with van der Waals surface area (Å²) < 4.78 is 11.7. The first-order valence-electron chi connectivity index (χ1n) is 11.7. The molecule has 6 heteroatoms. The van der Waals surface area contributed by atoms with E-state index in [-0.39, 0.29) is 29.8 Å². The molecule has 0 spiro atoms. The zero-order chi connectivity index (χ0) is 21.5. The van der Waals surface area contributed by atoms with Crippen molar-refractivity contribution in [1.82, 2.24) is 9.80 Å². The molecule has 4 aliphatic rings. The molecule has 1 aromatic carbocycles. The van der Waals surface area contributed by atoms with Crippen LogP contribution in [0.1, 0.15) is 43.4 Å². The fourth-order valence-electron chi connectivity index (χ4n) is 5.52. The number of fused-ring (bicyclic) bond motifs is 1. The molecule has 0 bridgehead atoms. The van der Waals surface area contributed by atoms with Crippen LogP contribution in [0.5, 0.6) is 0 Å². The van der Waals surface area contributed by atoms with Gasteiger partial charge in [-0.3, -0.25) is 14.5 Å². The van der Waals surface area contributed by atoms with Crippen molar-refractivity contribution in [2.75, 3.05) is 39.4 Å². The molecule has 4 atom stereocenters. The van der Waals surface area contributed by atoms with Crippen LogP contribution in [0.2, 0.25) is 0 Å². The molecule has 0 radical (unpaired) electrons. The summed E-state index contributed by atoms with van der Waals surface area (Å²) in [6.07, 6.45) is 2.60. The second kappa shape index (κ2) is 8.40. The van der Waals surface area contributed by atoms with Gasteiger partial charge in [-0.2, -0.15) is 0 Å². The number of aryl methyl sites for hydroxylation is 1. The van der Waals surface area contributed by atoms with Crippen LogP contribution < -0.4 is 0 Å². The van der Waals surface area contributed by atoms with Crippen LogP contribution in [0.4, 0.5) is 0 Å². The van der Waals surface area contributed by atoms with E-state index in [9.17, 15) is 9.59 Å². The second-order valence-corrected chi connectivity index (χ2v) is 9.55. The van der Waals surface area contributed by atoms with E-state index in [0.717, 1.165) is 63.2 Å². The number of morpholine rings is 1. The van der Waals surface area contributed by atoms with Gasteiger partial charge in [0.15, 0.2) is 11.5 Å². The maximum Gasteiger partial charge on any atom is 0.290 e. The topological polar surface area (TPSA) is 59.1 Å². The highest BCUT2D eigenvalue weighted by atomic mass is 16.5. The fraction of sp³-hybridized carbons (Fsp3) is 0.600. The van der Waals surface area contributed by atoms with Crippen molar-refractivity contribution in [3.05, 3.63) is 46.7 Å². The van der Waals surface area contributed by atoms with E-state index >= 15 is 0 Å². The third kappa shape index (κ3) is 3.80. The minimum absolute atomic E-state index is 0.123. The Kier molecular flexibility index (Phi) is 5.61. The van der Waals surface area contributed by atoms with Crippen LogP contribution in [0.25, 0.3) is 0 Å². The number of rotatable bonds is 4. The number of hydrogen-bond acceptors (Lipinski definition) is 5. The Morgan fingerprint density at radius 3 is 2.52 bits per heavy atom. The molecule has 1 saturated carbocycles. The Labute approximate surface area is 184 Å². The Bertz CT molecular complexity index is 887. The number of carbonyl (C=O) groups excluding carboxylic acids is 2. The highest BCUT2D eigenvalue weighted by Crippen LogP contribution is 2.47. The van der Waals surface area contributed by atoms with Gasteiger partial charge in [-0.15, -0.1) is 0 Å². The molecule has 166 valence electrons. The van der Waals surface area contributed by atoms with Crippen LogP contribution in [-0.4, -0.2) is 67.0 Å². The van der Waals surface area contributed by atoms with Crippen molar-refractivity contribution in [3.8, 4) is 0 Å². The predicted octanol–water partition coefficient (Wildman–Crippen LogP) is 2.87. The summed E-state index contributed by atoms with van der Waals surface area (Å²) in [4.78, 5) is 31.4. The van der Waals surface area contributed by atoms with Crippen LogP contribution in [-0.2, 0) is 19.1 Å². The number of Topliss-reactive ketones (excluding diaryl/α,β-unsaturated/α-hetero) is 1. The predicted molar refractivity (Wildman–Crippen MR) is 116 cm³/mol. The minimum Gasteiger partial charge on any atom is -0.483 e. The number of ketones is 1. The van der Waals surface area contributed by atoms with Crippen LogP contribution in [0.15, 0.2) is 35.6 Å². The van der Waals surface area contributed by atoms with E-state index < -0.39 is 0 Å². The first-order valence-corrected chi connectivity index (χ1v) is 11.7. The number of nitrogens with zero attached hydrogens (tertiary/aromatic N) is 2. The van der Waals surface area contributed by atoms with E-state index in [1.807, 2.05) is 24.0 Å². The Morgan fingerprint density at radius 1 is 1.03 bits per heavy atom. The van der Waals surface area contributed by atoms with Gasteiger partial charge in [-0.25, -0.2) is 0 Å². The van der Waals surface area contributed by atoms with E-state index in [4.69, 9.17) is 9.47 Å². The first-order chi connectivity index (χ1) is 15.0. The molecule has 1 saturated heterocycles. The number of carbonyl (C=O) groups is 2. The Hall–Kier alpha value is -2.18. The molecule has 4 unspecified atom stereocenters. The number of hydrogen-bond donors (Lipinski definition) is 0. The lowest BCUT2D eigenvalue weighted by molar-refractivity contribution is -0.136. The maximum atomic E-state index is 13.7. The minimum atomic E-state index is -0.352. The van der Waals surface area contributed by atoms with Gasteiger partial charge in [0.2, 0.25) is 0 Å². The van der Waals surface area contributed by atoms with Gasteiger partial charge in [0.1, 0.15) is 6.10 Å². The summed E-state index contributed by atoms with van der Waals surface area (Å²) in [7, 11) is 0. The van der Waals surface area contributed by atoms with E-state index in [1.165, 1.54) is 0 Å². The zero-order valence-corrected chi connectivity index (χ0v) is 18.5. The van der Waals surface area contributed by atoms with Crippen LogP contribution >= 0.6 is 0 Å².